The molecule has 0 aliphatic carbocycles. The molecule has 0 fully saturated rings. The SMILES string of the molecule is CCOC(=O)CCCN(C)CC(=O)Nc1cc(Cl)ccc1OC. The van der Waals surface area contributed by atoms with Gasteiger partial charge >= 0.3 is 5.97 Å². The summed E-state index contributed by atoms with van der Waals surface area (Å²) in [6.45, 7) is 2.99. The Hall–Kier alpha value is -1.79. The first-order chi connectivity index (χ1) is 11.0. The van der Waals surface area contributed by atoms with E-state index in [1.807, 2.05) is 11.9 Å². The van der Waals surface area contributed by atoms with Crippen LogP contribution in [0, 0.1) is 0 Å². The Morgan fingerprint density at radius 1 is 1.35 bits per heavy atom. The number of rotatable bonds is 9. The highest BCUT2D eigenvalue weighted by Crippen LogP contribution is 2.27. The molecular weight excluding hydrogens is 320 g/mol. The summed E-state index contributed by atoms with van der Waals surface area (Å²) in [6, 6.07) is 5.03. The van der Waals surface area contributed by atoms with Crippen molar-refractivity contribution >= 4 is 29.2 Å². The third kappa shape index (κ3) is 7.34. The molecule has 0 aliphatic heterocycles. The largest absolute Gasteiger partial charge is 0.495 e. The van der Waals surface area contributed by atoms with Crippen molar-refractivity contribution < 1.29 is 19.1 Å². The van der Waals surface area contributed by atoms with Crippen molar-refractivity contribution in [3.63, 3.8) is 0 Å². The molecule has 1 rings (SSSR count). The second kappa shape index (κ2) is 10.1. The molecule has 7 heteroatoms. The van der Waals surface area contributed by atoms with Gasteiger partial charge in [0.25, 0.3) is 0 Å². The number of esters is 1. The second-order valence-corrected chi connectivity index (χ2v) is 5.48. The van der Waals surface area contributed by atoms with Crippen LogP contribution in [0.2, 0.25) is 5.02 Å². The first-order valence-electron chi connectivity index (χ1n) is 7.43. The van der Waals surface area contributed by atoms with Crippen molar-refractivity contribution in [1.29, 1.82) is 0 Å². The second-order valence-electron chi connectivity index (χ2n) is 5.04. The van der Waals surface area contributed by atoms with Gasteiger partial charge in [-0.1, -0.05) is 11.6 Å². The molecule has 23 heavy (non-hydrogen) atoms. The lowest BCUT2D eigenvalue weighted by Crippen LogP contribution is -2.31. The van der Waals surface area contributed by atoms with E-state index in [1.54, 1.807) is 25.1 Å². The van der Waals surface area contributed by atoms with E-state index in [9.17, 15) is 9.59 Å². The number of hydrogen-bond acceptors (Lipinski definition) is 5. The number of hydrogen-bond donors (Lipinski definition) is 1. The van der Waals surface area contributed by atoms with Crippen molar-refractivity contribution in [3.05, 3.63) is 23.2 Å². The number of anilines is 1. The van der Waals surface area contributed by atoms with Crippen molar-refractivity contribution in [2.45, 2.75) is 19.8 Å². The van der Waals surface area contributed by atoms with Crippen molar-refractivity contribution in [3.8, 4) is 5.75 Å². The minimum Gasteiger partial charge on any atom is -0.495 e. The maximum Gasteiger partial charge on any atom is 0.305 e. The van der Waals surface area contributed by atoms with E-state index in [-0.39, 0.29) is 18.4 Å². The molecule has 0 heterocycles. The number of nitrogens with one attached hydrogen (secondary N) is 1. The van der Waals surface area contributed by atoms with Crippen LogP contribution >= 0.6 is 11.6 Å². The van der Waals surface area contributed by atoms with Crippen molar-refractivity contribution in [1.82, 2.24) is 4.90 Å². The highest BCUT2D eigenvalue weighted by Gasteiger charge is 2.11. The number of carbonyl (C=O) groups excluding carboxylic acids is 2. The molecule has 0 atom stereocenters. The van der Waals surface area contributed by atoms with Crippen molar-refractivity contribution in [2.75, 3.05) is 39.2 Å². The van der Waals surface area contributed by atoms with Crippen LogP contribution in [0.1, 0.15) is 19.8 Å². The summed E-state index contributed by atoms with van der Waals surface area (Å²) in [7, 11) is 3.35. The molecule has 1 N–H and O–H groups in total. The van der Waals surface area contributed by atoms with Crippen LogP contribution in [0.5, 0.6) is 5.75 Å². The lowest BCUT2D eigenvalue weighted by atomic mass is 10.2. The molecule has 1 aromatic carbocycles. The molecule has 1 aromatic rings. The van der Waals surface area contributed by atoms with Crippen molar-refractivity contribution in [2.24, 2.45) is 0 Å². The Kier molecular flexibility index (Phi) is 8.43. The van der Waals surface area contributed by atoms with Gasteiger partial charge in [-0.15, -0.1) is 0 Å². The average Bonchev–Trinajstić information content (AvgIpc) is 2.47. The summed E-state index contributed by atoms with van der Waals surface area (Å²) in [5.41, 5.74) is 0.532. The zero-order valence-electron chi connectivity index (χ0n) is 13.7. The number of nitrogens with zero attached hydrogens (tertiary/aromatic N) is 1. The number of carbonyl (C=O) groups is 2. The minimum absolute atomic E-state index is 0.177. The number of ether oxygens (including phenoxy) is 2. The van der Waals surface area contributed by atoms with Crippen LogP contribution in [0.25, 0.3) is 0 Å². The molecule has 0 bridgehead atoms. The van der Waals surface area contributed by atoms with Crippen LogP contribution < -0.4 is 10.1 Å². The van der Waals surface area contributed by atoms with Gasteiger partial charge in [-0.3, -0.25) is 14.5 Å². The molecule has 0 radical (unpaired) electrons. The zero-order chi connectivity index (χ0) is 17.2. The third-order valence-electron chi connectivity index (χ3n) is 3.08. The Bertz CT molecular complexity index is 537. The number of benzene rings is 1. The maximum absolute atomic E-state index is 12.1. The van der Waals surface area contributed by atoms with Gasteiger partial charge in [0.2, 0.25) is 5.91 Å². The summed E-state index contributed by atoms with van der Waals surface area (Å²) < 4.78 is 10.0. The molecule has 0 aromatic heterocycles. The van der Waals surface area contributed by atoms with E-state index in [0.29, 0.717) is 42.5 Å². The van der Waals surface area contributed by atoms with Gasteiger partial charge in [0.05, 0.1) is 25.9 Å². The molecule has 0 spiro atoms. The Balaban J connectivity index is 2.41. The van der Waals surface area contributed by atoms with E-state index < -0.39 is 0 Å². The Labute approximate surface area is 141 Å². The number of likely N-dealkylation sites (N-methyl/N-ethyl adjacent to an activating group) is 1. The fourth-order valence-electron chi connectivity index (χ4n) is 2.02. The lowest BCUT2D eigenvalue weighted by molar-refractivity contribution is -0.143. The Morgan fingerprint density at radius 3 is 2.74 bits per heavy atom. The van der Waals surface area contributed by atoms with Gasteiger partial charge in [-0.2, -0.15) is 0 Å². The smallest absolute Gasteiger partial charge is 0.305 e. The molecule has 0 unspecified atom stereocenters. The first-order valence-corrected chi connectivity index (χ1v) is 7.81. The predicted molar refractivity (Wildman–Crippen MR) is 90.0 cm³/mol. The maximum atomic E-state index is 12.1. The molecular formula is C16H23ClN2O4. The molecule has 0 aliphatic rings. The number of methoxy groups -OCH3 is 1. The third-order valence-corrected chi connectivity index (χ3v) is 3.31. The highest BCUT2D eigenvalue weighted by atomic mass is 35.5. The molecule has 0 saturated carbocycles. The molecule has 128 valence electrons. The van der Waals surface area contributed by atoms with Crippen LogP contribution in [0.15, 0.2) is 18.2 Å². The quantitative estimate of drug-likeness (QED) is 0.698. The van der Waals surface area contributed by atoms with Gasteiger partial charge in [0, 0.05) is 11.4 Å². The summed E-state index contributed by atoms with van der Waals surface area (Å²) >= 11 is 5.93. The predicted octanol–water partition coefficient (Wildman–Crippen LogP) is 2.56. The van der Waals surface area contributed by atoms with E-state index >= 15 is 0 Å². The average molecular weight is 343 g/mol. The van der Waals surface area contributed by atoms with Crippen LogP contribution in [-0.2, 0) is 14.3 Å². The van der Waals surface area contributed by atoms with Gasteiger partial charge in [-0.25, -0.2) is 0 Å². The van der Waals surface area contributed by atoms with E-state index in [0.717, 1.165) is 0 Å². The molecule has 6 nitrogen and oxygen atoms in total. The van der Waals surface area contributed by atoms with Crippen LogP contribution in [0.3, 0.4) is 0 Å². The number of halogens is 1. The van der Waals surface area contributed by atoms with Gasteiger partial charge < -0.3 is 14.8 Å². The fourth-order valence-corrected chi connectivity index (χ4v) is 2.19. The standard InChI is InChI=1S/C16H23ClN2O4/c1-4-23-16(21)6-5-9-19(2)11-15(20)18-13-10-12(17)7-8-14(13)22-3/h7-8,10H,4-6,9,11H2,1-3H3,(H,18,20). The van der Waals surface area contributed by atoms with Gasteiger partial charge in [0.15, 0.2) is 0 Å². The monoisotopic (exact) mass is 342 g/mol. The van der Waals surface area contributed by atoms with E-state index in [2.05, 4.69) is 5.32 Å². The first kappa shape index (κ1) is 19.3. The number of amides is 1. The normalized spacial score (nSPS) is 10.5. The summed E-state index contributed by atoms with van der Waals surface area (Å²) in [5.74, 6) is 0.158. The fraction of sp³-hybridized carbons (Fsp3) is 0.500. The highest BCUT2D eigenvalue weighted by molar-refractivity contribution is 6.31. The van der Waals surface area contributed by atoms with Crippen LogP contribution in [0.4, 0.5) is 5.69 Å². The van der Waals surface area contributed by atoms with Gasteiger partial charge in [0.1, 0.15) is 5.75 Å². The molecule has 0 saturated heterocycles. The molecule has 1 amide bonds. The van der Waals surface area contributed by atoms with Crippen LogP contribution in [-0.4, -0.2) is 50.6 Å². The van der Waals surface area contributed by atoms with Gasteiger partial charge in [-0.05, 0) is 45.1 Å². The lowest BCUT2D eigenvalue weighted by Gasteiger charge is -2.17. The zero-order valence-corrected chi connectivity index (χ0v) is 14.5. The summed E-state index contributed by atoms with van der Waals surface area (Å²) in [5, 5.41) is 3.29. The van der Waals surface area contributed by atoms with E-state index in [4.69, 9.17) is 21.1 Å². The Morgan fingerprint density at radius 2 is 2.09 bits per heavy atom. The summed E-state index contributed by atoms with van der Waals surface area (Å²) in [4.78, 5) is 25.1. The summed E-state index contributed by atoms with van der Waals surface area (Å²) in [6.07, 6.45) is 0.991. The van der Waals surface area contributed by atoms with E-state index in [1.165, 1.54) is 7.11 Å². The minimum atomic E-state index is -0.214. The topological polar surface area (TPSA) is 67.9 Å².